The van der Waals surface area contributed by atoms with Crippen molar-refractivity contribution in [1.82, 2.24) is 0 Å². The summed E-state index contributed by atoms with van der Waals surface area (Å²) in [6.07, 6.45) is 0.515. The summed E-state index contributed by atoms with van der Waals surface area (Å²) in [5, 5.41) is 8.27. The van der Waals surface area contributed by atoms with Gasteiger partial charge in [0, 0.05) is 0 Å². The van der Waals surface area contributed by atoms with E-state index in [2.05, 4.69) is 6.07 Å². The quantitative estimate of drug-likeness (QED) is 0.537. The topological polar surface area (TPSA) is 23.8 Å². The average Bonchev–Trinajstić information content (AvgIpc) is 1.91. The molecule has 0 aliphatic carbocycles. The predicted molar refractivity (Wildman–Crippen MR) is 42.9 cm³/mol. The molecule has 0 aliphatic rings. The van der Waals surface area contributed by atoms with E-state index in [4.69, 9.17) is 5.26 Å². The summed E-state index contributed by atoms with van der Waals surface area (Å²) in [6, 6.07) is 11.8. The average molecular weight is 141 g/mol. The molecule has 1 aromatic carbocycles. The predicted octanol–water partition coefficient (Wildman–Crippen LogP) is 1.10. The summed E-state index contributed by atoms with van der Waals surface area (Å²) >= 11 is 0. The number of benzene rings is 1. The Balaban J connectivity index is 0.000000810. The molecule has 10 heavy (non-hydrogen) atoms. The van der Waals surface area contributed by atoms with Gasteiger partial charge in [0.25, 0.3) is 0 Å². The van der Waals surface area contributed by atoms with E-state index >= 15 is 0 Å². The number of nitriles is 1. The maximum absolute atomic E-state index is 8.27. The van der Waals surface area contributed by atoms with Gasteiger partial charge in [-0.2, -0.15) is 5.26 Å². The fourth-order valence-electron chi connectivity index (χ4n) is 0.687. The van der Waals surface area contributed by atoms with E-state index in [-0.39, 0.29) is 29.6 Å². The molecule has 0 saturated heterocycles. The van der Waals surface area contributed by atoms with Crippen LogP contribution >= 0.6 is 0 Å². The number of nitrogens with zero attached hydrogens (tertiary/aromatic N) is 1. The van der Waals surface area contributed by atoms with Crippen molar-refractivity contribution in [1.29, 1.82) is 5.26 Å². The molecule has 0 heterocycles. The van der Waals surface area contributed by atoms with Gasteiger partial charge in [-0.3, -0.25) is 0 Å². The molecule has 0 spiro atoms. The van der Waals surface area contributed by atoms with E-state index < -0.39 is 0 Å². The summed E-state index contributed by atoms with van der Waals surface area (Å²) in [4.78, 5) is 0. The molecule has 0 amide bonds. The molecule has 0 unspecified atom stereocenters. The molecular formula is C8H8NNa. The molecule has 1 rings (SSSR count). The van der Waals surface area contributed by atoms with Crippen LogP contribution in [0.2, 0.25) is 0 Å². The molecule has 0 aromatic heterocycles. The second-order valence-corrected chi connectivity index (χ2v) is 1.82. The fraction of sp³-hybridized carbons (Fsp3) is 0.125. The van der Waals surface area contributed by atoms with Gasteiger partial charge in [0.2, 0.25) is 0 Å². The zero-order valence-corrected chi connectivity index (χ0v) is 5.04. The summed E-state index contributed by atoms with van der Waals surface area (Å²) < 4.78 is 0. The molecule has 0 radical (unpaired) electrons. The van der Waals surface area contributed by atoms with E-state index in [0.717, 1.165) is 5.56 Å². The van der Waals surface area contributed by atoms with Crippen LogP contribution in [-0.2, 0) is 6.42 Å². The minimum atomic E-state index is 0. The van der Waals surface area contributed by atoms with Crippen LogP contribution in [0.15, 0.2) is 30.3 Å². The van der Waals surface area contributed by atoms with Crippen LogP contribution in [0.4, 0.5) is 0 Å². The van der Waals surface area contributed by atoms with Gasteiger partial charge >= 0.3 is 29.6 Å². The summed E-state index contributed by atoms with van der Waals surface area (Å²) in [7, 11) is 0. The monoisotopic (exact) mass is 141 g/mol. The molecule has 0 atom stereocenters. The third-order valence-electron chi connectivity index (χ3n) is 1.13. The van der Waals surface area contributed by atoms with Crippen molar-refractivity contribution in [2.45, 2.75) is 6.42 Å². The molecule has 46 valence electrons. The third kappa shape index (κ3) is 3.03. The van der Waals surface area contributed by atoms with Gasteiger partial charge in [-0.25, -0.2) is 0 Å². The van der Waals surface area contributed by atoms with Crippen LogP contribution in [-0.4, -0.2) is 29.6 Å². The van der Waals surface area contributed by atoms with E-state index in [1.165, 1.54) is 0 Å². The number of hydrogen-bond donors (Lipinski definition) is 0. The van der Waals surface area contributed by atoms with Crippen molar-refractivity contribution in [2.24, 2.45) is 0 Å². The van der Waals surface area contributed by atoms with Gasteiger partial charge in [0.15, 0.2) is 0 Å². The van der Waals surface area contributed by atoms with Crippen molar-refractivity contribution < 1.29 is 0 Å². The van der Waals surface area contributed by atoms with Gasteiger partial charge in [-0.15, -0.1) is 0 Å². The van der Waals surface area contributed by atoms with Crippen LogP contribution < -0.4 is 0 Å². The molecule has 0 bridgehead atoms. The Morgan fingerprint density at radius 3 is 2.30 bits per heavy atom. The van der Waals surface area contributed by atoms with Crippen molar-refractivity contribution in [3.8, 4) is 6.07 Å². The van der Waals surface area contributed by atoms with Gasteiger partial charge in [-0.1, -0.05) is 30.3 Å². The van der Waals surface area contributed by atoms with Crippen LogP contribution in [0.25, 0.3) is 0 Å². The zero-order chi connectivity index (χ0) is 6.53. The van der Waals surface area contributed by atoms with Crippen LogP contribution in [0.1, 0.15) is 5.56 Å². The second kappa shape index (κ2) is 5.49. The van der Waals surface area contributed by atoms with Gasteiger partial charge < -0.3 is 0 Å². The molecule has 0 aliphatic heterocycles. The molecule has 0 N–H and O–H groups in total. The summed E-state index contributed by atoms with van der Waals surface area (Å²) in [5.74, 6) is 0. The Morgan fingerprint density at radius 2 is 1.80 bits per heavy atom. The van der Waals surface area contributed by atoms with Gasteiger partial charge in [0.05, 0.1) is 12.5 Å². The van der Waals surface area contributed by atoms with E-state index in [0.29, 0.717) is 6.42 Å². The van der Waals surface area contributed by atoms with Crippen molar-refractivity contribution in [3.63, 3.8) is 0 Å². The van der Waals surface area contributed by atoms with Crippen molar-refractivity contribution in [3.05, 3.63) is 35.9 Å². The SMILES string of the molecule is N#CCc1ccccc1.[NaH]. The van der Waals surface area contributed by atoms with E-state index in [1.54, 1.807) is 0 Å². The van der Waals surface area contributed by atoms with E-state index in [1.807, 2.05) is 30.3 Å². The second-order valence-electron chi connectivity index (χ2n) is 1.82. The van der Waals surface area contributed by atoms with Crippen LogP contribution in [0.5, 0.6) is 0 Å². The first-order valence-corrected chi connectivity index (χ1v) is 2.84. The maximum atomic E-state index is 8.27. The Hall–Kier alpha value is -0.290. The molecule has 0 fully saturated rings. The first kappa shape index (κ1) is 9.71. The van der Waals surface area contributed by atoms with E-state index in [9.17, 15) is 0 Å². The molecule has 1 aromatic rings. The summed E-state index contributed by atoms with van der Waals surface area (Å²) in [6.45, 7) is 0. The van der Waals surface area contributed by atoms with Gasteiger partial charge in [0.1, 0.15) is 0 Å². The van der Waals surface area contributed by atoms with Crippen LogP contribution in [0, 0.1) is 11.3 Å². The molecule has 2 heteroatoms. The molecule has 1 nitrogen and oxygen atoms in total. The third-order valence-corrected chi connectivity index (χ3v) is 1.13. The number of rotatable bonds is 1. The molecule has 0 saturated carbocycles. The summed E-state index contributed by atoms with van der Waals surface area (Å²) in [5.41, 5.74) is 1.08. The first-order valence-electron chi connectivity index (χ1n) is 2.84. The zero-order valence-electron chi connectivity index (χ0n) is 5.04. The minimum absolute atomic E-state index is 0. The normalized spacial score (nSPS) is 7.50. The van der Waals surface area contributed by atoms with Crippen LogP contribution in [0.3, 0.4) is 0 Å². The Morgan fingerprint density at radius 1 is 1.20 bits per heavy atom. The van der Waals surface area contributed by atoms with Gasteiger partial charge in [-0.05, 0) is 5.56 Å². The number of hydrogen-bond acceptors (Lipinski definition) is 1. The van der Waals surface area contributed by atoms with Crippen molar-refractivity contribution >= 4 is 29.6 Å². The Bertz CT molecular complexity index is 212. The Labute approximate surface area is 83.0 Å². The molecular weight excluding hydrogens is 133 g/mol. The van der Waals surface area contributed by atoms with Crippen molar-refractivity contribution in [2.75, 3.05) is 0 Å². The fourth-order valence-corrected chi connectivity index (χ4v) is 0.687. The Kier molecular flexibility index (Phi) is 5.33. The first-order chi connectivity index (χ1) is 4.43. The standard InChI is InChI=1S/C8H7N.Na.H/c9-7-6-8-4-2-1-3-5-8;;/h1-5H,6H2;;.